The summed E-state index contributed by atoms with van der Waals surface area (Å²) in [7, 11) is 0. The molecule has 8 atom stereocenters. The standard InChI is InChI=1S/C25H36N10O6S/c1-11-20-19(12(2)30-18(37)8-34-10-29-31-32-34)24(39)35(20)21(25(40)41)22(11)42-15-4-16(28-5-15)23(38)33-6-13(3-17(26)27)14(7-33)9-36/h10-16,19-20,28,36H,3-9H2,1-2H3,(H3,26,27)(H,30,37)(H,40,41)/t11-,12-,13-,14+,15?,16?,19-,20-/m1/s1. The van der Waals surface area contributed by atoms with Gasteiger partial charge in [0.2, 0.25) is 17.7 Å². The third-order valence-electron chi connectivity index (χ3n) is 8.70. The summed E-state index contributed by atoms with van der Waals surface area (Å²) in [6, 6.07) is -1.39. The number of tetrazole rings is 1. The highest BCUT2D eigenvalue weighted by molar-refractivity contribution is 8.03. The first kappa shape index (κ1) is 29.9. The highest BCUT2D eigenvalue weighted by Crippen LogP contribution is 2.52. The third-order valence-corrected chi connectivity index (χ3v) is 10.2. The van der Waals surface area contributed by atoms with E-state index in [1.807, 2.05) is 6.92 Å². The molecule has 2 unspecified atom stereocenters. The van der Waals surface area contributed by atoms with E-state index in [-0.39, 0.29) is 65.4 Å². The van der Waals surface area contributed by atoms with Crippen LogP contribution in [0.4, 0.5) is 0 Å². The summed E-state index contributed by atoms with van der Waals surface area (Å²) in [6.07, 6.45) is 2.12. The van der Waals surface area contributed by atoms with Crippen LogP contribution in [0, 0.1) is 29.1 Å². The number of hydrogen-bond donors (Lipinski definition) is 6. The molecule has 228 valence electrons. The van der Waals surface area contributed by atoms with Crippen molar-refractivity contribution in [3.63, 3.8) is 0 Å². The maximum absolute atomic E-state index is 13.3. The predicted molar refractivity (Wildman–Crippen MR) is 148 cm³/mol. The summed E-state index contributed by atoms with van der Waals surface area (Å²) in [5, 5.41) is 44.0. The number of rotatable bonds is 11. The number of aromatic nitrogens is 4. The normalized spacial score (nSPS) is 31.2. The zero-order valence-electron chi connectivity index (χ0n) is 23.3. The van der Waals surface area contributed by atoms with Crippen LogP contribution in [0.3, 0.4) is 0 Å². The van der Waals surface area contributed by atoms with E-state index in [0.29, 0.717) is 37.4 Å². The van der Waals surface area contributed by atoms with Crippen molar-refractivity contribution in [2.24, 2.45) is 29.4 Å². The molecule has 0 aromatic carbocycles. The molecule has 3 saturated heterocycles. The third kappa shape index (κ3) is 5.59. The van der Waals surface area contributed by atoms with Crippen LogP contribution in [-0.4, -0.2) is 119 Å². The van der Waals surface area contributed by atoms with Crippen molar-refractivity contribution < 1.29 is 29.4 Å². The van der Waals surface area contributed by atoms with Crippen molar-refractivity contribution in [1.82, 2.24) is 40.6 Å². The number of carboxylic acid groups (broad SMARTS) is 1. The molecular weight excluding hydrogens is 568 g/mol. The molecule has 0 bridgehead atoms. The van der Waals surface area contributed by atoms with Gasteiger partial charge in [0.05, 0.1) is 23.8 Å². The second-order valence-corrected chi connectivity index (χ2v) is 12.8. The Labute approximate surface area is 245 Å². The Balaban J connectivity index is 1.21. The first-order chi connectivity index (χ1) is 20.0. The number of carbonyl (C=O) groups excluding carboxylic acids is 3. The monoisotopic (exact) mass is 604 g/mol. The molecule has 4 aliphatic heterocycles. The highest BCUT2D eigenvalue weighted by Gasteiger charge is 2.60. The molecule has 1 aromatic rings. The Morgan fingerprint density at radius 2 is 2.05 bits per heavy atom. The lowest BCUT2D eigenvalue weighted by atomic mass is 9.78. The van der Waals surface area contributed by atoms with Gasteiger partial charge in [-0.1, -0.05) is 6.92 Å². The van der Waals surface area contributed by atoms with Gasteiger partial charge in [-0.25, -0.2) is 9.48 Å². The van der Waals surface area contributed by atoms with Gasteiger partial charge in [-0.3, -0.25) is 19.8 Å². The van der Waals surface area contributed by atoms with Gasteiger partial charge in [-0.05, 0) is 29.7 Å². The lowest BCUT2D eigenvalue weighted by Crippen LogP contribution is -2.66. The van der Waals surface area contributed by atoms with Crippen LogP contribution in [0.25, 0.3) is 0 Å². The number of aliphatic hydroxyl groups excluding tert-OH is 1. The van der Waals surface area contributed by atoms with Crippen LogP contribution in [0.2, 0.25) is 0 Å². The van der Waals surface area contributed by atoms with Gasteiger partial charge < -0.3 is 36.4 Å². The first-order valence-corrected chi connectivity index (χ1v) is 14.8. The molecule has 0 spiro atoms. The van der Waals surface area contributed by atoms with Crippen molar-refractivity contribution in [3.8, 4) is 0 Å². The van der Waals surface area contributed by atoms with Crippen LogP contribution in [0.5, 0.6) is 0 Å². The summed E-state index contributed by atoms with van der Waals surface area (Å²) in [4.78, 5) is 54.9. The highest BCUT2D eigenvalue weighted by atomic mass is 32.2. The van der Waals surface area contributed by atoms with E-state index in [1.165, 1.54) is 27.7 Å². The lowest BCUT2D eigenvalue weighted by Gasteiger charge is -2.47. The minimum absolute atomic E-state index is 0.0295. The fourth-order valence-electron chi connectivity index (χ4n) is 6.71. The van der Waals surface area contributed by atoms with Gasteiger partial charge in [-0.2, -0.15) is 0 Å². The number of amides is 3. The summed E-state index contributed by atoms with van der Waals surface area (Å²) in [6.45, 7) is 4.75. The van der Waals surface area contributed by atoms with Crippen molar-refractivity contribution in [2.45, 2.75) is 56.6 Å². The summed E-state index contributed by atoms with van der Waals surface area (Å²) < 4.78 is 1.26. The van der Waals surface area contributed by atoms with Crippen LogP contribution < -0.4 is 16.4 Å². The van der Waals surface area contributed by atoms with Crippen LogP contribution in [0.1, 0.15) is 26.7 Å². The average molecular weight is 605 g/mol. The molecule has 3 amide bonds. The van der Waals surface area contributed by atoms with Gasteiger partial charge in [0.25, 0.3) is 0 Å². The molecule has 42 heavy (non-hydrogen) atoms. The van der Waals surface area contributed by atoms with E-state index in [1.54, 1.807) is 11.8 Å². The van der Waals surface area contributed by atoms with E-state index in [0.717, 1.165) is 0 Å². The Hall–Kier alpha value is -3.57. The van der Waals surface area contributed by atoms with Crippen molar-refractivity contribution in [3.05, 3.63) is 16.9 Å². The minimum Gasteiger partial charge on any atom is -0.477 e. The second-order valence-electron chi connectivity index (χ2n) is 11.5. The maximum Gasteiger partial charge on any atom is 0.353 e. The van der Waals surface area contributed by atoms with Crippen LogP contribution in [-0.2, 0) is 25.7 Å². The number of β-lactam (4-membered cyclic amide) rings is 1. The second kappa shape index (κ2) is 12.0. The van der Waals surface area contributed by atoms with Crippen LogP contribution >= 0.6 is 11.8 Å². The molecule has 5 heterocycles. The average Bonchev–Trinajstić information content (AvgIpc) is 3.71. The number of thioether (sulfide) groups is 1. The molecule has 16 nitrogen and oxygen atoms in total. The predicted octanol–water partition coefficient (Wildman–Crippen LogP) is -2.19. The number of fused-ring (bicyclic) bond motifs is 1. The molecule has 7 N–H and O–H groups in total. The number of aliphatic hydroxyl groups is 1. The molecule has 17 heteroatoms. The van der Waals surface area contributed by atoms with E-state index in [2.05, 4.69) is 26.2 Å². The number of carbonyl (C=O) groups is 4. The Morgan fingerprint density at radius 1 is 1.31 bits per heavy atom. The Bertz CT molecular complexity index is 1290. The van der Waals surface area contributed by atoms with E-state index < -0.39 is 30.0 Å². The fourth-order valence-corrected chi connectivity index (χ4v) is 8.18. The molecule has 0 aliphatic carbocycles. The van der Waals surface area contributed by atoms with E-state index in [4.69, 9.17) is 11.1 Å². The van der Waals surface area contributed by atoms with Crippen LogP contribution in [0.15, 0.2) is 16.9 Å². The quantitative estimate of drug-likeness (QED) is 0.0898. The number of amidine groups is 1. The molecule has 4 aliphatic rings. The lowest BCUT2D eigenvalue weighted by molar-refractivity contribution is -0.158. The Kier molecular flexibility index (Phi) is 8.52. The van der Waals surface area contributed by atoms with Gasteiger partial charge in [0, 0.05) is 60.7 Å². The maximum atomic E-state index is 13.3. The summed E-state index contributed by atoms with van der Waals surface area (Å²) in [5.41, 5.74) is 5.53. The van der Waals surface area contributed by atoms with Crippen molar-refractivity contribution in [2.75, 3.05) is 26.2 Å². The van der Waals surface area contributed by atoms with Gasteiger partial charge >= 0.3 is 5.97 Å². The van der Waals surface area contributed by atoms with Crippen molar-refractivity contribution in [1.29, 1.82) is 5.41 Å². The summed E-state index contributed by atoms with van der Waals surface area (Å²) in [5.74, 6) is -3.00. The van der Waals surface area contributed by atoms with E-state index in [9.17, 15) is 29.4 Å². The molecule has 3 fully saturated rings. The first-order valence-electron chi connectivity index (χ1n) is 13.9. The molecule has 5 rings (SSSR count). The minimum atomic E-state index is -1.18. The van der Waals surface area contributed by atoms with Gasteiger partial charge in [0.1, 0.15) is 18.6 Å². The topological polar surface area (TPSA) is 233 Å². The smallest absolute Gasteiger partial charge is 0.353 e. The molecule has 1 aromatic heterocycles. The Morgan fingerprint density at radius 3 is 2.69 bits per heavy atom. The van der Waals surface area contributed by atoms with Crippen molar-refractivity contribution >= 4 is 41.3 Å². The van der Waals surface area contributed by atoms with E-state index >= 15 is 0 Å². The number of carboxylic acids is 1. The number of hydrogen-bond acceptors (Lipinski definition) is 11. The van der Waals surface area contributed by atoms with Gasteiger partial charge in [-0.15, -0.1) is 16.9 Å². The van der Waals surface area contributed by atoms with Gasteiger partial charge in [0.15, 0.2) is 0 Å². The SMILES string of the molecule is C[C@@H](NC(=O)Cn1cnnn1)[C@H]1C(=O)N2C(C(=O)O)=C(SC3CNC(C(=O)N4C[C@@H](CO)[C@H](CC(=N)N)C4)C3)[C@H](C)[C@H]12. The molecule has 0 saturated carbocycles. The number of aliphatic carboxylic acids is 1. The molecular formula is C25H36N10O6S. The number of nitrogens with one attached hydrogen (secondary N) is 3. The largest absolute Gasteiger partial charge is 0.477 e. The zero-order chi connectivity index (χ0) is 30.3. The zero-order valence-corrected chi connectivity index (χ0v) is 24.2. The fraction of sp³-hybridized carbons (Fsp3) is 0.680. The summed E-state index contributed by atoms with van der Waals surface area (Å²) >= 11 is 1.39. The number of nitrogens with two attached hydrogens (primary N) is 1. The molecule has 0 radical (unpaired) electrons. The number of likely N-dealkylation sites (tertiary alicyclic amines) is 1. The number of nitrogens with zero attached hydrogens (tertiary/aromatic N) is 6.